The number of nitrogens with zero attached hydrogens (tertiary/aromatic N) is 2. The van der Waals surface area contributed by atoms with Crippen molar-refractivity contribution in [3.8, 4) is 0 Å². The monoisotopic (exact) mass is 429 g/mol. The van der Waals surface area contributed by atoms with Crippen LogP contribution in [0.15, 0.2) is 64.9 Å². The van der Waals surface area contributed by atoms with Crippen molar-refractivity contribution < 1.29 is 13.2 Å². The van der Waals surface area contributed by atoms with Crippen LogP contribution < -0.4 is 5.14 Å². The number of nitrogens with two attached hydrogens (primary N) is 1. The van der Waals surface area contributed by atoms with E-state index in [0.717, 1.165) is 17.1 Å². The molecular weight excluding hydrogens is 406 g/mol. The Bertz CT molecular complexity index is 1100. The molecule has 0 aliphatic heterocycles. The highest BCUT2D eigenvalue weighted by atomic mass is 32.2. The molecule has 1 heterocycles. The summed E-state index contributed by atoms with van der Waals surface area (Å²) in [7, 11) is -2.09. The van der Waals surface area contributed by atoms with Crippen LogP contribution in [0, 0.1) is 0 Å². The Labute approximate surface area is 175 Å². The van der Waals surface area contributed by atoms with Crippen LogP contribution in [-0.4, -0.2) is 31.3 Å². The highest BCUT2D eigenvalue weighted by Gasteiger charge is 2.20. The maximum Gasteiger partial charge on any atom is 0.238 e. The number of sulfonamides is 1. The third-order valence-electron chi connectivity index (χ3n) is 4.77. The maximum absolute atomic E-state index is 12.7. The van der Waals surface area contributed by atoms with E-state index in [2.05, 4.69) is 17.1 Å². The molecule has 3 aromatic rings. The number of primary sulfonamides is 1. The second-order valence-corrected chi connectivity index (χ2v) is 9.37. The number of likely N-dealkylation sites (N-methyl/N-ethyl adjacent to an activating group) is 1. The van der Waals surface area contributed by atoms with Gasteiger partial charge in [0.1, 0.15) is 0 Å². The van der Waals surface area contributed by atoms with Crippen LogP contribution in [0.25, 0.3) is 0 Å². The molecule has 0 saturated heterocycles. The van der Waals surface area contributed by atoms with Crippen LogP contribution in [0.5, 0.6) is 0 Å². The van der Waals surface area contributed by atoms with Gasteiger partial charge in [-0.1, -0.05) is 42.5 Å². The van der Waals surface area contributed by atoms with Crippen molar-refractivity contribution in [3.05, 3.63) is 81.8 Å². The lowest BCUT2D eigenvalue weighted by Gasteiger charge is -2.25. The molecule has 0 fully saturated rings. The summed E-state index contributed by atoms with van der Waals surface area (Å²) < 4.78 is 23.2. The second-order valence-electron chi connectivity index (χ2n) is 6.87. The molecule has 0 spiro atoms. The lowest BCUT2D eigenvalue weighted by molar-refractivity contribution is -0.131. The van der Waals surface area contributed by atoms with E-state index in [1.165, 1.54) is 17.7 Å². The topological polar surface area (TPSA) is 93.4 Å². The predicted molar refractivity (Wildman–Crippen MR) is 114 cm³/mol. The number of hydrogen-bond acceptors (Lipinski definition) is 5. The Hall–Kier alpha value is -2.55. The number of hydrogen-bond donors (Lipinski definition) is 1. The van der Waals surface area contributed by atoms with Crippen LogP contribution in [0.4, 0.5) is 0 Å². The van der Waals surface area contributed by atoms with Crippen LogP contribution in [0.3, 0.4) is 0 Å². The molecule has 1 atom stereocenters. The molecule has 1 aromatic heterocycles. The number of benzene rings is 2. The molecule has 152 valence electrons. The summed E-state index contributed by atoms with van der Waals surface area (Å²) in [5.41, 5.74) is 2.62. The summed E-state index contributed by atoms with van der Waals surface area (Å²) in [5.74, 6) is -0.0879. The zero-order chi connectivity index (χ0) is 21.0. The number of amides is 1. The first kappa shape index (κ1) is 21.2. The molecule has 29 heavy (non-hydrogen) atoms. The van der Waals surface area contributed by atoms with Gasteiger partial charge >= 0.3 is 0 Å². The Balaban J connectivity index is 1.66. The minimum Gasteiger partial charge on any atom is -0.339 e. The van der Waals surface area contributed by atoms with Gasteiger partial charge in [-0.3, -0.25) is 4.79 Å². The summed E-state index contributed by atoms with van der Waals surface area (Å²) >= 11 is 1.55. The van der Waals surface area contributed by atoms with Crippen LogP contribution in [0.1, 0.15) is 34.8 Å². The number of carbonyl (C=O) groups excluding carboxylic acids is 1. The average molecular weight is 430 g/mol. The van der Waals surface area contributed by atoms with Crippen molar-refractivity contribution >= 4 is 27.3 Å². The summed E-state index contributed by atoms with van der Waals surface area (Å²) in [6, 6.07) is 16.1. The lowest BCUT2D eigenvalue weighted by Crippen LogP contribution is -2.31. The average Bonchev–Trinajstić information content (AvgIpc) is 3.13. The Kier molecular flexibility index (Phi) is 6.46. The number of aromatic nitrogens is 1. The van der Waals surface area contributed by atoms with E-state index in [1.807, 2.05) is 30.5 Å². The molecule has 8 heteroatoms. The number of carbonyl (C=O) groups is 1. The first-order chi connectivity index (χ1) is 13.7. The Morgan fingerprint density at radius 2 is 1.90 bits per heavy atom. The fourth-order valence-electron chi connectivity index (χ4n) is 2.95. The second kappa shape index (κ2) is 8.86. The molecule has 0 aliphatic rings. The molecular formula is C21H23N3O3S2. The zero-order valence-electron chi connectivity index (χ0n) is 16.3. The molecule has 1 amide bonds. The molecule has 3 rings (SSSR count). The van der Waals surface area contributed by atoms with Gasteiger partial charge in [-0.15, -0.1) is 11.3 Å². The van der Waals surface area contributed by atoms with Gasteiger partial charge in [-0.2, -0.15) is 0 Å². The standard InChI is InChI=1S/C21H23N3O3S2/c1-15(17-9-6-10-19(12-17)29(22,26)27)24(2)21(25)13-18-14-28-20(23-18)11-16-7-4-3-5-8-16/h3-10,12,14-15H,11,13H2,1-2H3,(H2,22,26,27). The van der Waals surface area contributed by atoms with E-state index in [0.29, 0.717) is 5.56 Å². The smallest absolute Gasteiger partial charge is 0.238 e. The first-order valence-electron chi connectivity index (χ1n) is 9.09. The normalized spacial score (nSPS) is 12.5. The molecule has 2 N–H and O–H groups in total. The minimum atomic E-state index is -3.79. The molecule has 1 unspecified atom stereocenters. The van der Waals surface area contributed by atoms with Crippen LogP contribution >= 0.6 is 11.3 Å². The fourth-order valence-corrected chi connectivity index (χ4v) is 4.35. The molecule has 0 bridgehead atoms. The third kappa shape index (κ3) is 5.50. The summed E-state index contributed by atoms with van der Waals surface area (Å²) in [5, 5.41) is 8.09. The van der Waals surface area contributed by atoms with Gasteiger partial charge in [0.05, 0.1) is 28.1 Å². The van der Waals surface area contributed by atoms with Gasteiger partial charge in [-0.25, -0.2) is 18.5 Å². The van der Waals surface area contributed by atoms with E-state index in [1.54, 1.807) is 35.4 Å². The molecule has 0 aliphatic carbocycles. The van der Waals surface area contributed by atoms with Crippen molar-refractivity contribution in [1.29, 1.82) is 0 Å². The largest absolute Gasteiger partial charge is 0.339 e. The van der Waals surface area contributed by atoms with Crippen molar-refractivity contribution in [1.82, 2.24) is 9.88 Å². The van der Waals surface area contributed by atoms with Crippen LogP contribution in [0.2, 0.25) is 0 Å². The van der Waals surface area contributed by atoms with Crippen molar-refractivity contribution in [3.63, 3.8) is 0 Å². The van der Waals surface area contributed by atoms with Gasteiger partial charge in [0, 0.05) is 18.8 Å². The Morgan fingerprint density at radius 3 is 2.59 bits per heavy atom. The van der Waals surface area contributed by atoms with Crippen molar-refractivity contribution in [2.24, 2.45) is 5.14 Å². The third-order valence-corrected chi connectivity index (χ3v) is 6.58. The summed E-state index contributed by atoms with van der Waals surface area (Å²) in [4.78, 5) is 18.9. The molecule has 2 aromatic carbocycles. The molecule has 0 saturated carbocycles. The highest BCUT2D eigenvalue weighted by Crippen LogP contribution is 2.23. The van der Waals surface area contributed by atoms with Crippen molar-refractivity contribution in [2.45, 2.75) is 30.7 Å². The summed E-state index contributed by atoms with van der Waals surface area (Å²) in [6.45, 7) is 1.85. The van der Waals surface area contributed by atoms with E-state index in [9.17, 15) is 13.2 Å². The highest BCUT2D eigenvalue weighted by molar-refractivity contribution is 7.89. The SMILES string of the molecule is CC(c1cccc(S(N)(=O)=O)c1)N(C)C(=O)Cc1csc(Cc2ccccc2)n1. The zero-order valence-corrected chi connectivity index (χ0v) is 17.9. The molecule has 6 nitrogen and oxygen atoms in total. The van der Waals surface area contributed by atoms with Gasteiger partial charge in [0.15, 0.2) is 0 Å². The fraction of sp³-hybridized carbons (Fsp3) is 0.238. The van der Waals surface area contributed by atoms with Crippen LogP contribution in [-0.2, 0) is 27.7 Å². The van der Waals surface area contributed by atoms with E-state index in [-0.39, 0.29) is 23.3 Å². The first-order valence-corrected chi connectivity index (χ1v) is 11.5. The lowest BCUT2D eigenvalue weighted by atomic mass is 10.1. The molecule has 0 radical (unpaired) electrons. The van der Waals surface area contributed by atoms with E-state index in [4.69, 9.17) is 5.14 Å². The van der Waals surface area contributed by atoms with Crippen molar-refractivity contribution in [2.75, 3.05) is 7.05 Å². The van der Waals surface area contributed by atoms with Gasteiger partial charge in [0.2, 0.25) is 15.9 Å². The van der Waals surface area contributed by atoms with Gasteiger partial charge in [-0.05, 0) is 30.2 Å². The number of thiazole rings is 1. The van der Waals surface area contributed by atoms with Gasteiger partial charge in [0.25, 0.3) is 0 Å². The van der Waals surface area contributed by atoms with E-state index >= 15 is 0 Å². The van der Waals surface area contributed by atoms with E-state index < -0.39 is 10.0 Å². The quantitative estimate of drug-likeness (QED) is 0.624. The summed E-state index contributed by atoms with van der Waals surface area (Å²) in [6.07, 6.45) is 0.938. The maximum atomic E-state index is 12.7. The minimum absolute atomic E-state index is 0.0350. The Morgan fingerprint density at radius 1 is 1.17 bits per heavy atom. The predicted octanol–water partition coefficient (Wildman–Crippen LogP) is 3.14. The number of rotatable bonds is 7. The van der Waals surface area contributed by atoms with Gasteiger partial charge < -0.3 is 4.90 Å².